The van der Waals surface area contributed by atoms with Gasteiger partial charge in [0.1, 0.15) is 5.75 Å². The zero-order valence-electron chi connectivity index (χ0n) is 14.1. The van der Waals surface area contributed by atoms with E-state index in [1.165, 1.54) is 0 Å². The van der Waals surface area contributed by atoms with Gasteiger partial charge in [-0.25, -0.2) is 4.98 Å². The number of nitrogens with one attached hydrogen (secondary N) is 1. The Kier molecular flexibility index (Phi) is 4.44. The summed E-state index contributed by atoms with van der Waals surface area (Å²) in [6.07, 6.45) is 8.36. The quantitative estimate of drug-likeness (QED) is 0.889. The number of hydrogen-bond acceptors (Lipinski definition) is 4. The van der Waals surface area contributed by atoms with Crippen molar-refractivity contribution in [2.75, 3.05) is 6.61 Å². The van der Waals surface area contributed by atoms with Gasteiger partial charge in [-0.1, -0.05) is 0 Å². The van der Waals surface area contributed by atoms with Crippen LogP contribution in [0.25, 0.3) is 0 Å². The molecule has 1 aliphatic carbocycles. The molecule has 2 heterocycles. The van der Waals surface area contributed by atoms with Crippen LogP contribution in [0.1, 0.15) is 35.2 Å². The van der Waals surface area contributed by atoms with E-state index in [-0.39, 0.29) is 11.9 Å². The summed E-state index contributed by atoms with van der Waals surface area (Å²) < 4.78 is 7.61. The third kappa shape index (κ3) is 3.54. The molecule has 132 valence electrons. The van der Waals surface area contributed by atoms with Gasteiger partial charge in [-0.05, 0) is 55.4 Å². The fraction of sp³-hybridized carbons (Fsp3) is 0.474. The van der Waals surface area contributed by atoms with Gasteiger partial charge < -0.3 is 19.7 Å². The number of ether oxygens (including phenoxy) is 1. The van der Waals surface area contributed by atoms with E-state index < -0.39 is 6.10 Å². The predicted octanol–water partition coefficient (Wildman–Crippen LogP) is 1.78. The maximum absolute atomic E-state index is 12.6. The summed E-state index contributed by atoms with van der Waals surface area (Å²) in [7, 11) is 0. The summed E-state index contributed by atoms with van der Waals surface area (Å²) in [5.74, 6) is 1.09. The van der Waals surface area contributed by atoms with Gasteiger partial charge in [0, 0.05) is 24.5 Å². The number of nitrogens with zero attached hydrogens (tertiary/aromatic N) is 2. The maximum atomic E-state index is 12.6. The number of fused-ring (bicyclic) bond motifs is 1. The monoisotopic (exact) mass is 341 g/mol. The molecular weight excluding hydrogens is 318 g/mol. The lowest BCUT2D eigenvalue weighted by atomic mass is 10.0. The molecule has 3 atom stereocenters. The van der Waals surface area contributed by atoms with Crippen LogP contribution in [-0.4, -0.2) is 39.3 Å². The van der Waals surface area contributed by atoms with Crippen LogP contribution in [0.2, 0.25) is 0 Å². The van der Waals surface area contributed by atoms with Crippen LogP contribution >= 0.6 is 0 Å². The lowest BCUT2D eigenvalue weighted by molar-refractivity contribution is 0.0872. The molecule has 0 bridgehead atoms. The molecule has 1 amide bonds. The molecule has 1 aromatic carbocycles. The SMILES string of the molecule is O=C(N[C@@H]1CC(Cn2ccnc2)C[C@H]1O)c1ccc2c(c1)CCCO2. The van der Waals surface area contributed by atoms with E-state index in [1.807, 2.05) is 22.9 Å². The molecule has 1 aromatic heterocycles. The van der Waals surface area contributed by atoms with Crippen LogP contribution in [0.15, 0.2) is 36.9 Å². The third-order valence-electron chi connectivity index (χ3n) is 5.14. The highest BCUT2D eigenvalue weighted by molar-refractivity contribution is 5.94. The smallest absolute Gasteiger partial charge is 0.251 e. The molecule has 2 aliphatic rings. The topological polar surface area (TPSA) is 76.4 Å². The highest BCUT2D eigenvalue weighted by Crippen LogP contribution is 2.29. The van der Waals surface area contributed by atoms with Gasteiger partial charge in [-0.2, -0.15) is 0 Å². The molecule has 0 spiro atoms. The standard InChI is InChI=1S/C19H23N3O3/c23-17-9-13(11-22-6-5-20-12-22)8-16(17)21-19(24)15-3-4-18-14(10-15)2-1-7-25-18/h3-6,10,12-13,16-17,23H,1-2,7-9,11H2,(H,21,24)/t13?,16-,17-/m1/s1. The Hall–Kier alpha value is -2.34. The van der Waals surface area contributed by atoms with Crippen LogP contribution in [0.3, 0.4) is 0 Å². The lowest BCUT2D eigenvalue weighted by Gasteiger charge is -2.19. The zero-order valence-corrected chi connectivity index (χ0v) is 14.1. The number of benzene rings is 1. The van der Waals surface area contributed by atoms with Crippen LogP contribution in [-0.2, 0) is 13.0 Å². The van der Waals surface area contributed by atoms with E-state index in [1.54, 1.807) is 18.6 Å². The number of hydrogen-bond donors (Lipinski definition) is 2. The Balaban J connectivity index is 1.39. The summed E-state index contributed by atoms with van der Waals surface area (Å²) in [6.45, 7) is 1.56. The van der Waals surface area contributed by atoms with Crippen molar-refractivity contribution >= 4 is 5.91 Å². The number of carbonyl (C=O) groups excluding carboxylic acids is 1. The van der Waals surface area contributed by atoms with Crippen LogP contribution in [0.5, 0.6) is 5.75 Å². The lowest BCUT2D eigenvalue weighted by Crippen LogP contribution is -2.40. The van der Waals surface area contributed by atoms with E-state index in [0.717, 1.165) is 43.7 Å². The van der Waals surface area contributed by atoms with Gasteiger partial charge in [-0.15, -0.1) is 0 Å². The Labute approximate surface area is 146 Å². The molecule has 6 nitrogen and oxygen atoms in total. The summed E-state index contributed by atoms with van der Waals surface area (Å²) in [6, 6.07) is 5.38. The van der Waals surface area contributed by atoms with E-state index >= 15 is 0 Å². The first-order valence-corrected chi connectivity index (χ1v) is 8.89. The van der Waals surface area contributed by atoms with Crippen molar-refractivity contribution in [3.8, 4) is 5.75 Å². The van der Waals surface area contributed by atoms with Crippen LogP contribution in [0, 0.1) is 5.92 Å². The maximum Gasteiger partial charge on any atom is 0.251 e. The van der Waals surface area contributed by atoms with Crippen molar-refractivity contribution in [2.45, 2.75) is 44.4 Å². The van der Waals surface area contributed by atoms with Gasteiger partial charge in [-0.3, -0.25) is 4.79 Å². The molecule has 2 aromatic rings. The first-order chi connectivity index (χ1) is 12.2. The van der Waals surface area contributed by atoms with E-state index in [2.05, 4.69) is 10.3 Å². The van der Waals surface area contributed by atoms with Crippen molar-refractivity contribution < 1.29 is 14.6 Å². The van der Waals surface area contributed by atoms with Crippen LogP contribution in [0.4, 0.5) is 0 Å². The van der Waals surface area contributed by atoms with Crippen molar-refractivity contribution in [1.82, 2.24) is 14.9 Å². The zero-order chi connectivity index (χ0) is 17.2. The number of aliphatic hydroxyl groups is 1. The molecule has 1 saturated carbocycles. The van der Waals surface area contributed by atoms with Crippen molar-refractivity contribution in [3.63, 3.8) is 0 Å². The van der Waals surface area contributed by atoms with Crippen molar-refractivity contribution in [2.24, 2.45) is 5.92 Å². The Bertz CT molecular complexity index is 744. The van der Waals surface area contributed by atoms with E-state index in [9.17, 15) is 9.90 Å². The number of aliphatic hydroxyl groups excluding tert-OH is 1. The largest absolute Gasteiger partial charge is 0.493 e. The Morgan fingerprint density at radius 3 is 3.16 bits per heavy atom. The number of imidazole rings is 1. The van der Waals surface area contributed by atoms with E-state index in [4.69, 9.17) is 4.74 Å². The highest BCUT2D eigenvalue weighted by atomic mass is 16.5. The first kappa shape index (κ1) is 16.1. The fourth-order valence-electron chi connectivity index (χ4n) is 3.87. The predicted molar refractivity (Wildman–Crippen MR) is 92.5 cm³/mol. The number of carbonyl (C=O) groups is 1. The number of aromatic nitrogens is 2. The molecular formula is C19H23N3O3. The average Bonchev–Trinajstić information content (AvgIpc) is 3.25. The molecule has 0 radical (unpaired) electrons. The number of aryl methyl sites for hydroxylation is 1. The molecule has 2 N–H and O–H groups in total. The molecule has 1 unspecified atom stereocenters. The third-order valence-corrected chi connectivity index (χ3v) is 5.14. The Morgan fingerprint density at radius 2 is 2.32 bits per heavy atom. The molecule has 6 heteroatoms. The van der Waals surface area contributed by atoms with E-state index in [0.29, 0.717) is 17.9 Å². The van der Waals surface area contributed by atoms with Gasteiger partial charge >= 0.3 is 0 Å². The molecule has 1 fully saturated rings. The minimum absolute atomic E-state index is 0.124. The number of amides is 1. The molecule has 25 heavy (non-hydrogen) atoms. The summed E-state index contributed by atoms with van der Waals surface area (Å²) in [5, 5.41) is 13.3. The molecule has 0 saturated heterocycles. The normalized spacial score (nSPS) is 25.2. The second-order valence-corrected chi connectivity index (χ2v) is 7.02. The molecule has 4 rings (SSSR count). The summed E-state index contributed by atoms with van der Waals surface area (Å²) >= 11 is 0. The molecule has 1 aliphatic heterocycles. The van der Waals surface area contributed by atoms with Gasteiger partial charge in [0.2, 0.25) is 0 Å². The minimum Gasteiger partial charge on any atom is -0.493 e. The number of rotatable bonds is 4. The van der Waals surface area contributed by atoms with Crippen LogP contribution < -0.4 is 10.1 Å². The highest BCUT2D eigenvalue weighted by Gasteiger charge is 2.34. The van der Waals surface area contributed by atoms with Gasteiger partial charge in [0.25, 0.3) is 5.91 Å². The second kappa shape index (κ2) is 6.88. The van der Waals surface area contributed by atoms with Crippen molar-refractivity contribution in [3.05, 3.63) is 48.0 Å². The first-order valence-electron chi connectivity index (χ1n) is 8.89. The fourth-order valence-corrected chi connectivity index (χ4v) is 3.87. The summed E-state index contributed by atoms with van der Waals surface area (Å²) in [4.78, 5) is 16.6. The minimum atomic E-state index is -0.501. The van der Waals surface area contributed by atoms with Gasteiger partial charge in [0.05, 0.1) is 25.1 Å². The van der Waals surface area contributed by atoms with Gasteiger partial charge in [0.15, 0.2) is 0 Å². The Morgan fingerprint density at radius 1 is 1.40 bits per heavy atom. The summed E-state index contributed by atoms with van der Waals surface area (Å²) in [5.41, 5.74) is 1.72. The second-order valence-electron chi connectivity index (χ2n) is 7.02. The van der Waals surface area contributed by atoms with Crippen molar-refractivity contribution in [1.29, 1.82) is 0 Å². The average molecular weight is 341 g/mol.